The van der Waals surface area contributed by atoms with E-state index in [1.54, 1.807) is 11.3 Å². The van der Waals surface area contributed by atoms with Gasteiger partial charge in [0, 0.05) is 45.6 Å². The first kappa shape index (κ1) is 12.8. The molecule has 0 aliphatic heterocycles. The summed E-state index contributed by atoms with van der Waals surface area (Å²) in [7, 11) is 0. The topological polar surface area (TPSA) is 24.9 Å². The molecule has 96 valence electrons. The average molecular weight is 333 g/mol. The van der Waals surface area contributed by atoms with Gasteiger partial charge in [-0.1, -0.05) is 18.2 Å². The normalized spacial score (nSPS) is 11.0. The second kappa shape index (κ2) is 5.82. The third-order valence-corrected chi connectivity index (χ3v) is 4.71. The zero-order chi connectivity index (χ0) is 13.1. The first-order chi connectivity index (χ1) is 9.33. The Hall–Kier alpha value is -1.23. The summed E-state index contributed by atoms with van der Waals surface area (Å²) in [6, 6.07) is 10.6. The van der Waals surface area contributed by atoms with Crippen molar-refractivity contribution in [1.29, 1.82) is 0 Å². The van der Waals surface area contributed by atoms with E-state index in [2.05, 4.69) is 61.9 Å². The molecule has 1 N–H and O–H groups in total. The number of pyridine rings is 1. The van der Waals surface area contributed by atoms with Crippen molar-refractivity contribution < 1.29 is 0 Å². The number of aromatic nitrogens is 1. The average Bonchev–Trinajstić information content (AvgIpc) is 2.85. The van der Waals surface area contributed by atoms with Crippen molar-refractivity contribution in [2.75, 3.05) is 0 Å². The highest BCUT2D eigenvalue weighted by atomic mass is 79.9. The van der Waals surface area contributed by atoms with Crippen LogP contribution in [0, 0.1) is 0 Å². The molecule has 0 atom stereocenters. The Balaban J connectivity index is 1.71. The standard InChI is InChI=1S/C15H13BrN2S/c16-13-6-14(19-10-13)9-18-8-12-3-1-2-11-7-17-5-4-15(11)12/h1-7,10,18H,8-9H2. The summed E-state index contributed by atoms with van der Waals surface area (Å²) in [6.45, 7) is 1.77. The first-order valence-corrected chi connectivity index (χ1v) is 7.75. The largest absolute Gasteiger partial charge is 0.308 e. The van der Waals surface area contributed by atoms with Crippen molar-refractivity contribution in [3.8, 4) is 0 Å². The van der Waals surface area contributed by atoms with Gasteiger partial charge in [0.25, 0.3) is 0 Å². The number of nitrogens with zero attached hydrogens (tertiary/aromatic N) is 1. The van der Waals surface area contributed by atoms with Gasteiger partial charge in [0.15, 0.2) is 0 Å². The number of hydrogen-bond acceptors (Lipinski definition) is 3. The lowest BCUT2D eigenvalue weighted by Gasteiger charge is -2.07. The van der Waals surface area contributed by atoms with Gasteiger partial charge in [0.2, 0.25) is 0 Å². The maximum Gasteiger partial charge on any atom is 0.0346 e. The van der Waals surface area contributed by atoms with Crippen LogP contribution in [0.15, 0.2) is 52.6 Å². The van der Waals surface area contributed by atoms with Gasteiger partial charge in [0.05, 0.1) is 0 Å². The molecule has 0 unspecified atom stereocenters. The summed E-state index contributed by atoms with van der Waals surface area (Å²) in [5, 5.41) is 8.07. The van der Waals surface area contributed by atoms with E-state index in [4.69, 9.17) is 0 Å². The fourth-order valence-electron chi connectivity index (χ4n) is 2.11. The van der Waals surface area contributed by atoms with Crippen LogP contribution in [0.2, 0.25) is 0 Å². The molecule has 0 saturated heterocycles. The Morgan fingerprint density at radius 1 is 1.21 bits per heavy atom. The Bertz CT molecular complexity index is 688. The lowest BCUT2D eigenvalue weighted by molar-refractivity contribution is 0.704. The Kier molecular flexibility index (Phi) is 3.92. The number of fused-ring (bicyclic) bond motifs is 1. The molecule has 1 aromatic carbocycles. The van der Waals surface area contributed by atoms with Gasteiger partial charge in [0.1, 0.15) is 0 Å². The maximum absolute atomic E-state index is 4.16. The molecule has 0 amide bonds. The molecule has 3 rings (SSSR count). The summed E-state index contributed by atoms with van der Waals surface area (Å²) >= 11 is 5.25. The SMILES string of the molecule is Brc1csc(CNCc2cccc3cnccc23)c1. The van der Waals surface area contributed by atoms with Gasteiger partial charge in [-0.25, -0.2) is 0 Å². The van der Waals surface area contributed by atoms with Crippen molar-refractivity contribution >= 4 is 38.0 Å². The fraction of sp³-hybridized carbons (Fsp3) is 0.133. The van der Waals surface area contributed by atoms with E-state index in [-0.39, 0.29) is 0 Å². The van der Waals surface area contributed by atoms with Crippen molar-refractivity contribution in [2.45, 2.75) is 13.1 Å². The highest BCUT2D eigenvalue weighted by Crippen LogP contribution is 2.20. The lowest BCUT2D eigenvalue weighted by Crippen LogP contribution is -2.11. The monoisotopic (exact) mass is 332 g/mol. The number of thiophene rings is 1. The number of benzene rings is 1. The first-order valence-electron chi connectivity index (χ1n) is 6.08. The molecule has 0 spiro atoms. The second-order valence-corrected chi connectivity index (χ2v) is 6.26. The minimum atomic E-state index is 0.872. The molecule has 0 bridgehead atoms. The summed E-state index contributed by atoms with van der Waals surface area (Å²) in [6.07, 6.45) is 3.76. The summed E-state index contributed by atoms with van der Waals surface area (Å²) in [4.78, 5) is 5.50. The Morgan fingerprint density at radius 2 is 2.16 bits per heavy atom. The predicted molar refractivity (Wildman–Crippen MR) is 84.3 cm³/mol. The molecule has 3 aromatic rings. The van der Waals surface area contributed by atoms with Crippen LogP contribution in [0.5, 0.6) is 0 Å². The molecule has 0 radical (unpaired) electrons. The van der Waals surface area contributed by atoms with Gasteiger partial charge in [-0.2, -0.15) is 0 Å². The van der Waals surface area contributed by atoms with Crippen LogP contribution in [0.3, 0.4) is 0 Å². The van der Waals surface area contributed by atoms with Gasteiger partial charge in [-0.05, 0) is 39.0 Å². The Morgan fingerprint density at radius 3 is 3.00 bits per heavy atom. The maximum atomic E-state index is 4.16. The summed E-state index contributed by atoms with van der Waals surface area (Å²) in [5.74, 6) is 0. The van der Waals surface area contributed by atoms with Gasteiger partial charge < -0.3 is 5.32 Å². The van der Waals surface area contributed by atoms with Crippen LogP contribution in [-0.4, -0.2) is 4.98 Å². The van der Waals surface area contributed by atoms with E-state index >= 15 is 0 Å². The highest BCUT2D eigenvalue weighted by Gasteiger charge is 2.01. The van der Waals surface area contributed by atoms with Crippen LogP contribution in [0.25, 0.3) is 10.8 Å². The third-order valence-electron chi connectivity index (χ3n) is 3.01. The zero-order valence-electron chi connectivity index (χ0n) is 10.3. The zero-order valence-corrected chi connectivity index (χ0v) is 12.7. The minimum Gasteiger partial charge on any atom is -0.308 e. The quantitative estimate of drug-likeness (QED) is 0.768. The molecule has 0 aliphatic rings. The van der Waals surface area contributed by atoms with Crippen LogP contribution in [0.1, 0.15) is 10.4 Å². The molecular formula is C15H13BrN2S. The number of hydrogen-bond donors (Lipinski definition) is 1. The van der Waals surface area contributed by atoms with E-state index < -0.39 is 0 Å². The molecule has 4 heteroatoms. The van der Waals surface area contributed by atoms with Crippen molar-refractivity contribution in [3.63, 3.8) is 0 Å². The van der Waals surface area contributed by atoms with Crippen LogP contribution in [-0.2, 0) is 13.1 Å². The molecule has 2 aromatic heterocycles. The molecular weight excluding hydrogens is 320 g/mol. The van der Waals surface area contributed by atoms with Gasteiger partial charge in [-0.15, -0.1) is 11.3 Å². The van der Waals surface area contributed by atoms with Crippen LogP contribution < -0.4 is 5.32 Å². The van der Waals surface area contributed by atoms with Crippen molar-refractivity contribution in [3.05, 3.63) is 63.0 Å². The number of rotatable bonds is 4. The molecule has 0 saturated carbocycles. The van der Waals surface area contributed by atoms with E-state index in [9.17, 15) is 0 Å². The second-order valence-electron chi connectivity index (χ2n) is 4.35. The van der Waals surface area contributed by atoms with E-state index in [1.165, 1.54) is 21.2 Å². The third kappa shape index (κ3) is 3.03. The van der Waals surface area contributed by atoms with E-state index in [0.29, 0.717) is 0 Å². The van der Waals surface area contributed by atoms with Crippen molar-refractivity contribution in [2.24, 2.45) is 0 Å². The fourth-order valence-corrected chi connectivity index (χ4v) is 3.53. The van der Waals surface area contributed by atoms with E-state index in [1.807, 2.05) is 12.4 Å². The summed E-state index contributed by atoms with van der Waals surface area (Å²) < 4.78 is 1.16. The Labute approximate surface area is 124 Å². The van der Waals surface area contributed by atoms with Gasteiger partial charge in [-0.3, -0.25) is 4.98 Å². The highest BCUT2D eigenvalue weighted by molar-refractivity contribution is 9.10. The summed E-state index contributed by atoms with van der Waals surface area (Å²) in [5.41, 5.74) is 1.32. The van der Waals surface area contributed by atoms with Crippen molar-refractivity contribution in [1.82, 2.24) is 10.3 Å². The predicted octanol–water partition coefficient (Wildman–Crippen LogP) is 4.35. The lowest BCUT2D eigenvalue weighted by atomic mass is 10.1. The van der Waals surface area contributed by atoms with Gasteiger partial charge >= 0.3 is 0 Å². The van der Waals surface area contributed by atoms with Crippen LogP contribution >= 0.6 is 27.3 Å². The smallest absolute Gasteiger partial charge is 0.0346 e. The minimum absolute atomic E-state index is 0.872. The molecule has 0 aliphatic carbocycles. The molecule has 0 fully saturated rings. The van der Waals surface area contributed by atoms with E-state index in [0.717, 1.165) is 17.6 Å². The molecule has 19 heavy (non-hydrogen) atoms. The number of nitrogens with one attached hydrogen (secondary N) is 1. The molecule has 2 nitrogen and oxygen atoms in total. The molecule has 2 heterocycles. The number of halogens is 1. The van der Waals surface area contributed by atoms with Crippen LogP contribution in [0.4, 0.5) is 0 Å².